The van der Waals surface area contributed by atoms with Gasteiger partial charge >= 0.3 is 0 Å². The third-order valence-corrected chi connectivity index (χ3v) is 4.74. The second-order valence-corrected chi connectivity index (χ2v) is 5.90. The summed E-state index contributed by atoms with van der Waals surface area (Å²) >= 11 is 1.67. The third-order valence-electron chi connectivity index (χ3n) is 4.11. The van der Waals surface area contributed by atoms with Gasteiger partial charge in [-0.25, -0.2) is 4.98 Å². The predicted octanol–water partition coefficient (Wildman–Crippen LogP) is 2.63. The molecule has 96 valence electrons. The first-order valence-electron chi connectivity index (χ1n) is 6.55. The zero-order chi connectivity index (χ0) is 12.1. The molecule has 0 bridgehead atoms. The fourth-order valence-corrected chi connectivity index (χ4v) is 3.40. The van der Waals surface area contributed by atoms with Crippen LogP contribution >= 0.6 is 11.3 Å². The van der Waals surface area contributed by atoms with Gasteiger partial charge in [0.15, 0.2) is 0 Å². The molecule has 2 N–H and O–H groups in total. The minimum Gasteiger partial charge on any atom is -0.329 e. The first-order valence-corrected chi connectivity index (χ1v) is 7.49. The van der Waals surface area contributed by atoms with Crippen LogP contribution in [0.25, 0.3) is 0 Å². The molecule has 0 saturated heterocycles. The van der Waals surface area contributed by atoms with Crippen molar-refractivity contribution < 1.29 is 0 Å². The van der Waals surface area contributed by atoms with Crippen LogP contribution in [0.5, 0.6) is 0 Å². The lowest BCUT2D eigenvalue weighted by molar-refractivity contribution is 0.0986. The standard InChI is InChI=1S/C13H23N3S/c1-16(8-12-9-17-11-15-12)13(10-14)6-4-2-3-5-7-13/h9,11H,2-8,10,14H2,1H3. The van der Waals surface area contributed by atoms with Gasteiger partial charge < -0.3 is 5.73 Å². The van der Waals surface area contributed by atoms with E-state index in [1.165, 1.54) is 44.2 Å². The number of thiazole rings is 1. The van der Waals surface area contributed by atoms with E-state index in [0.29, 0.717) is 0 Å². The maximum atomic E-state index is 6.08. The zero-order valence-corrected chi connectivity index (χ0v) is 11.5. The van der Waals surface area contributed by atoms with E-state index >= 15 is 0 Å². The highest BCUT2D eigenvalue weighted by Crippen LogP contribution is 2.31. The van der Waals surface area contributed by atoms with Crippen molar-refractivity contribution in [3.05, 3.63) is 16.6 Å². The molecule has 1 aliphatic rings. The molecule has 0 amide bonds. The van der Waals surface area contributed by atoms with Crippen molar-refractivity contribution in [1.29, 1.82) is 0 Å². The number of nitrogens with zero attached hydrogens (tertiary/aromatic N) is 2. The van der Waals surface area contributed by atoms with E-state index < -0.39 is 0 Å². The summed E-state index contributed by atoms with van der Waals surface area (Å²) in [6, 6.07) is 0. The van der Waals surface area contributed by atoms with Crippen LogP contribution in [0.4, 0.5) is 0 Å². The van der Waals surface area contributed by atoms with Crippen LogP contribution < -0.4 is 5.73 Å². The summed E-state index contributed by atoms with van der Waals surface area (Å²) in [7, 11) is 2.21. The Morgan fingerprint density at radius 1 is 1.35 bits per heavy atom. The van der Waals surface area contributed by atoms with E-state index in [1.54, 1.807) is 11.3 Å². The van der Waals surface area contributed by atoms with Crippen LogP contribution in [-0.2, 0) is 6.54 Å². The van der Waals surface area contributed by atoms with Gasteiger partial charge in [0.05, 0.1) is 11.2 Å². The molecule has 1 aromatic heterocycles. The van der Waals surface area contributed by atoms with Gasteiger partial charge in [-0.3, -0.25) is 4.90 Å². The zero-order valence-electron chi connectivity index (χ0n) is 10.7. The Hall–Kier alpha value is -0.450. The number of aromatic nitrogens is 1. The van der Waals surface area contributed by atoms with Crippen molar-refractivity contribution in [3.8, 4) is 0 Å². The van der Waals surface area contributed by atoms with Crippen LogP contribution in [-0.4, -0.2) is 29.0 Å². The molecule has 1 fully saturated rings. The monoisotopic (exact) mass is 253 g/mol. The molecule has 1 saturated carbocycles. The number of hydrogen-bond acceptors (Lipinski definition) is 4. The molecule has 0 atom stereocenters. The van der Waals surface area contributed by atoms with Crippen LogP contribution in [0.1, 0.15) is 44.2 Å². The van der Waals surface area contributed by atoms with Crippen molar-refractivity contribution in [1.82, 2.24) is 9.88 Å². The summed E-state index contributed by atoms with van der Waals surface area (Å²) in [5, 5.41) is 2.14. The minimum atomic E-state index is 0.208. The van der Waals surface area contributed by atoms with Gasteiger partial charge in [-0.05, 0) is 19.9 Å². The molecule has 0 unspecified atom stereocenters. The number of hydrogen-bond donors (Lipinski definition) is 1. The van der Waals surface area contributed by atoms with Gasteiger partial charge in [-0.15, -0.1) is 11.3 Å². The summed E-state index contributed by atoms with van der Waals surface area (Å²) in [4.78, 5) is 6.81. The van der Waals surface area contributed by atoms with Crippen LogP contribution in [0.2, 0.25) is 0 Å². The van der Waals surface area contributed by atoms with Crippen LogP contribution in [0.3, 0.4) is 0 Å². The molecule has 0 spiro atoms. The first kappa shape index (κ1) is 13.0. The van der Waals surface area contributed by atoms with Crippen molar-refractivity contribution in [2.24, 2.45) is 5.73 Å². The summed E-state index contributed by atoms with van der Waals surface area (Å²) < 4.78 is 0. The van der Waals surface area contributed by atoms with Crippen molar-refractivity contribution in [2.45, 2.75) is 50.6 Å². The summed E-state index contributed by atoms with van der Waals surface area (Å²) in [6.07, 6.45) is 7.85. The molecule has 0 radical (unpaired) electrons. The molecular weight excluding hydrogens is 230 g/mol. The van der Waals surface area contributed by atoms with Gasteiger partial charge in [0, 0.05) is 24.0 Å². The van der Waals surface area contributed by atoms with Crippen molar-refractivity contribution >= 4 is 11.3 Å². The SMILES string of the molecule is CN(Cc1cscn1)C1(CN)CCCCCC1. The van der Waals surface area contributed by atoms with E-state index in [4.69, 9.17) is 5.73 Å². The molecule has 4 heteroatoms. The molecule has 1 aliphatic carbocycles. The van der Waals surface area contributed by atoms with Gasteiger partial charge in [-0.1, -0.05) is 25.7 Å². The third kappa shape index (κ3) is 3.06. The highest BCUT2D eigenvalue weighted by Gasteiger charge is 2.33. The minimum absolute atomic E-state index is 0.208. The molecule has 3 nitrogen and oxygen atoms in total. The summed E-state index contributed by atoms with van der Waals surface area (Å²) in [5.74, 6) is 0. The maximum absolute atomic E-state index is 6.08. The van der Waals surface area contributed by atoms with Crippen LogP contribution in [0.15, 0.2) is 10.9 Å². The number of nitrogens with two attached hydrogens (primary N) is 1. The Kier molecular flexibility index (Phi) is 4.54. The van der Waals surface area contributed by atoms with Crippen molar-refractivity contribution in [3.63, 3.8) is 0 Å². The lowest BCUT2D eigenvalue weighted by Crippen LogP contribution is -2.51. The van der Waals surface area contributed by atoms with E-state index in [1.807, 2.05) is 5.51 Å². The van der Waals surface area contributed by atoms with Crippen LogP contribution in [0, 0.1) is 0 Å². The van der Waals surface area contributed by atoms with Gasteiger partial charge in [-0.2, -0.15) is 0 Å². The molecule has 1 aromatic rings. The quantitative estimate of drug-likeness (QED) is 0.839. The molecule has 0 aromatic carbocycles. The van der Waals surface area contributed by atoms with E-state index in [-0.39, 0.29) is 5.54 Å². The Morgan fingerprint density at radius 3 is 2.59 bits per heavy atom. The lowest BCUT2D eigenvalue weighted by atomic mass is 9.88. The Labute approximate surface area is 108 Å². The average molecular weight is 253 g/mol. The first-order chi connectivity index (χ1) is 8.27. The Bertz CT molecular complexity index is 315. The van der Waals surface area contributed by atoms with Gasteiger partial charge in [0.2, 0.25) is 0 Å². The van der Waals surface area contributed by atoms with Crippen molar-refractivity contribution in [2.75, 3.05) is 13.6 Å². The normalized spacial score (nSPS) is 20.4. The molecule has 2 rings (SSSR count). The second-order valence-electron chi connectivity index (χ2n) is 5.18. The fraction of sp³-hybridized carbons (Fsp3) is 0.769. The van der Waals surface area contributed by atoms with Gasteiger partial charge in [0.1, 0.15) is 0 Å². The molecule has 1 heterocycles. The molecule has 0 aliphatic heterocycles. The lowest BCUT2D eigenvalue weighted by Gasteiger charge is -2.40. The smallest absolute Gasteiger partial charge is 0.0795 e. The average Bonchev–Trinajstić information content (AvgIpc) is 2.72. The Balaban J connectivity index is 2.04. The summed E-state index contributed by atoms with van der Waals surface area (Å²) in [6.45, 7) is 1.70. The fourth-order valence-electron chi connectivity index (χ4n) is 2.85. The largest absolute Gasteiger partial charge is 0.329 e. The number of rotatable bonds is 4. The second kappa shape index (κ2) is 5.94. The number of likely N-dealkylation sites (N-methyl/N-ethyl adjacent to an activating group) is 1. The topological polar surface area (TPSA) is 42.2 Å². The highest BCUT2D eigenvalue weighted by molar-refractivity contribution is 7.07. The van der Waals surface area contributed by atoms with E-state index in [2.05, 4.69) is 22.3 Å². The molecular formula is C13H23N3S. The molecule has 17 heavy (non-hydrogen) atoms. The van der Waals surface area contributed by atoms with E-state index in [0.717, 1.165) is 13.1 Å². The summed E-state index contributed by atoms with van der Waals surface area (Å²) in [5.41, 5.74) is 9.37. The van der Waals surface area contributed by atoms with E-state index in [9.17, 15) is 0 Å². The highest BCUT2D eigenvalue weighted by atomic mass is 32.1. The van der Waals surface area contributed by atoms with Gasteiger partial charge in [0.25, 0.3) is 0 Å². The predicted molar refractivity (Wildman–Crippen MR) is 73.1 cm³/mol. The Morgan fingerprint density at radius 2 is 2.06 bits per heavy atom. The maximum Gasteiger partial charge on any atom is 0.0795 e.